The Morgan fingerprint density at radius 1 is 1.33 bits per heavy atom. The average Bonchev–Trinajstić information content (AvgIpc) is 2.80. The summed E-state index contributed by atoms with van der Waals surface area (Å²) in [4.78, 5) is 22.2. The third kappa shape index (κ3) is 4.28. The maximum atomic E-state index is 13.3. The van der Waals surface area contributed by atoms with Crippen LogP contribution in [-0.4, -0.2) is 26.9 Å². The molecular weight excluding hydrogens is 347 g/mol. The zero-order valence-corrected chi connectivity index (χ0v) is 12.1. The summed E-state index contributed by atoms with van der Waals surface area (Å²) >= 11 is 3.01. The molecular formula is C12H10BrFN4O3. The highest BCUT2D eigenvalue weighted by Gasteiger charge is 2.08. The number of carbonyl (C=O) groups is 2. The minimum absolute atomic E-state index is 0.283. The summed E-state index contributed by atoms with van der Waals surface area (Å²) in [5, 5.41) is 17.3. The number of amides is 2. The van der Waals surface area contributed by atoms with Crippen molar-refractivity contribution >= 4 is 39.3 Å². The molecule has 2 amide bonds. The molecule has 0 saturated heterocycles. The van der Waals surface area contributed by atoms with E-state index in [9.17, 15) is 14.0 Å². The monoisotopic (exact) mass is 356 g/mol. The Morgan fingerprint density at radius 3 is 2.71 bits per heavy atom. The highest BCUT2D eigenvalue weighted by molar-refractivity contribution is 9.10. The molecule has 0 aliphatic rings. The number of aliphatic carboxylic acids is 1. The lowest BCUT2D eigenvalue weighted by Crippen LogP contribution is -2.19. The summed E-state index contributed by atoms with van der Waals surface area (Å²) in [6, 6.07) is 3.57. The van der Waals surface area contributed by atoms with Crippen LogP contribution in [0.5, 0.6) is 0 Å². The highest BCUT2D eigenvalue weighted by atomic mass is 79.9. The molecule has 0 radical (unpaired) electrons. The van der Waals surface area contributed by atoms with E-state index in [0.29, 0.717) is 10.2 Å². The lowest BCUT2D eigenvalue weighted by atomic mass is 10.3. The van der Waals surface area contributed by atoms with Crippen LogP contribution in [0.4, 0.5) is 20.6 Å². The average molecular weight is 357 g/mol. The summed E-state index contributed by atoms with van der Waals surface area (Å²) in [7, 11) is 0. The van der Waals surface area contributed by atoms with Gasteiger partial charge < -0.3 is 15.7 Å². The lowest BCUT2D eigenvalue weighted by molar-refractivity contribution is -0.137. The largest absolute Gasteiger partial charge is 0.480 e. The van der Waals surface area contributed by atoms with Gasteiger partial charge in [0.2, 0.25) is 0 Å². The number of urea groups is 1. The minimum Gasteiger partial charge on any atom is -0.480 e. The number of hydrogen-bond donors (Lipinski definition) is 3. The number of hydrogen-bond acceptors (Lipinski definition) is 3. The van der Waals surface area contributed by atoms with Crippen LogP contribution < -0.4 is 10.6 Å². The smallest absolute Gasteiger partial charge is 0.325 e. The number of aromatic nitrogens is 2. The molecule has 0 spiro atoms. The van der Waals surface area contributed by atoms with Crippen molar-refractivity contribution in [2.75, 3.05) is 10.6 Å². The Morgan fingerprint density at radius 2 is 2.05 bits per heavy atom. The van der Waals surface area contributed by atoms with Gasteiger partial charge in [-0.3, -0.25) is 9.48 Å². The molecule has 1 heterocycles. The Kier molecular flexibility index (Phi) is 4.53. The lowest BCUT2D eigenvalue weighted by Gasteiger charge is -2.06. The standard InChI is InChI=1S/C12H10BrFN4O3/c13-9-2-1-7(3-10(9)14)16-12(21)17-8-4-15-18(5-8)6-11(19)20/h1-5H,6H2,(H,19,20)(H2,16,17,21). The van der Waals surface area contributed by atoms with Gasteiger partial charge in [0.25, 0.3) is 0 Å². The molecule has 9 heteroatoms. The van der Waals surface area contributed by atoms with Crippen molar-refractivity contribution in [3.8, 4) is 0 Å². The van der Waals surface area contributed by atoms with Crippen LogP contribution in [-0.2, 0) is 11.3 Å². The molecule has 2 rings (SSSR count). The highest BCUT2D eigenvalue weighted by Crippen LogP contribution is 2.19. The number of carboxylic acids is 1. The van der Waals surface area contributed by atoms with Crippen molar-refractivity contribution in [3.05, 3.63) is 40.9 Å². The normalized spacial score (nSPS) is 10.2. The Labute approximate surface area is 126 Å². The maximum Gasteiger partial charge on any atom is 0.325 e. The molecule has 21 heavy (non-hydrogen) atoms. The fraction of sp³-hybridized carbons (Fsp3) is 0.0833. The van der Waals surface area contributed by atoms with E-state index in [-0.39, 0.29) is 12.2 Å². The first-order valence-electron chi connectivity index (χ1n) is 5.71. The van der Waals surface area contributed by atoms with E-state index >= 15 is 0 Å². The number of nitrogens with one attached hydrogen (secondary N) is 2. The van der Waals surface area contributed by atoms with Crippen LogP contribution in [0, 0.1) is 5.82 Å². The molecule has 1 aromatic carbocycles. The summed E-state index contributed by atoms with van der Waals surface area (Å²) in [6.45, 7) is -0.304. The topological polar surface area (TPSA) is 96.2 Å². The molecule has 0 bridgehead atoms. The first-order chi connectivity index (χ1) is 9.94. The van der Waals surface area contributed by atoms with Crippen molar-refractivity contribution in [3.63, 3.8) is 0 Å². The summed E-state index contributed by atoms with van der Waals surface area (Å²) in [5.41, 5.74) is 0.609. The van der Waals surface area contributed by atoms with Gasteiger partial charge in [-0.2, -0.15) is 5.10 Å². The number of halogens is 2. The van der Waals surface area contributed by atoms with Crippen molar-refractivity contribution < 1.29 is 19.1 Å². The van der Waals surface area contributed by atoms with Gasteiger partial charge in [0.15, 0.2) is 0 Å². The second kappa shape index (κ2) is 6.35. The van der Waals surface area contributed by atoms with Crippen LogP contribution in [0.1, 0.15) is 0 Å². The molecule has 3 N–H and O–H groups in total. The third-order valence-electron chi connectivity index (χ3n) is 2.37. The number of benzene rings is 1. The quantitative estimate of drug-likeness (QED) is 0.784. The number of nitrogens with zero attached hydrogens (tertiary/aromatic N) is 2. The molecule has 0 unspecified atom stereocenters. The Hall–Kier alpha value is -2.42. The van der Waals surface area contributed by atoms with Crippen molar-refractivity contribution in [2.45, 2.75) is 6.54 Å². The minimum atomic E-state index is -1.04. The van der Waals surface area contributed by atoms with E-state index in [0.717, 1.165) is 10.7 Å². The van der Waals surface area contributed by atoms with Crippen LogP contribution >= 0.6 is 15.9 Å². The SMILES string of the molecule is O=C(O)Cn1cc(NC(=O)Nc2ccc(Br)c(F)c2)cn1. The predicted octanol–water partition coefficient (Wildman–Crippen LogP) is 2.51. The van der Waals surface area contributed by atoms with Crippen molar-refractivity contribution in [1.82, 2.24) is 9.78 Å². The molecule has 7 nitrogen and oxygen atoms in total. The molecule has 1 aromatic heterocycles. The number of carboxylic acid groups (broad SMARTS) is 1. The number of anilines is 2. The first kappa shape index (κ1) is 15.0. The fourth-order valence-electron chi connectivity index (χ4n) is 1.52. The van der Waals surface area contributed by atoms with E-state index < -0.39 is 17.8 Å². The Bertz CT molecular complexity index is 689. The third-order valence-corrected chi connectivity index (χ3v) is 3.01. The molecule has 0 aliphatic carbocycles. The Balaban J connectivity index is 1.96. The van der Waals surface area contributed by atoms with Crippen LogP contribution in [0.3, 0.4) is 0 Å². The van der Waals surface area contributed by atoms with E-state index in [4.69, 9.17) is 5.11 Å². The van der Waals surface area contributed by atoms with Gasteiger partial charge in [-0.05, 0) is 34.1 Å². The molecule has 2 aromatic rings. The van der Waals surface area contributed by atoms with Gasteiger partial charge >= 0.3 is 12.0 Å². The van der Waals surface area contributed by atoms with E-state index in [2.05, 4.69) is 31.7 Å². The molecule has 0 fully saturated rings. The maximum absolute atomic E-state index is 13.3. The zero-order chi connectivity index (χ0) is 15.4. The number of carbonyl (C=O) groups excluding carboxylic acids is 1. The molecule has 110 valence electrons. The van der Waals surface area contributed by atoms with Crippen molar-refractivity contribution in [2.24, 2.45) is 0 Å². The van der Waals surface area contributed by atoms with Gasteiger partial charge in [0, 0.05) is 11.9 Å². The van der Waals surface area contributed by atoms with Gasteiger partial charge in [-0.25, -0.2) is 9.18 Å². The first-order valence-corrected chi connectivity index (χ1v) is 6.50. The summed E-state index contributed by atoms with van der Waals surface area (Å²) in [5.74, 6) is -1.54. The van der Waals surface area contributed by atoms with Gasteiger partial charge in [0.05, 0.1) is 16.4 Å². The van der Waals surface area contributed by atoms with E-state index in [1.54, 1.807) is 0 Å². The zero-order valence-electron chi connectivity index (χ0n) is 10.5. The molecule has 0 atom stereocenters. The second-order valence-corrected chi connectivity index (χ2v) is 4.88. The molecule has 0 saturated carbocycles. The van der Waals surface area contributed by atoms with Crippen LogP contribution in [0.2, 0.25) is 0 Å². The van der Waals surface area contributed by atoms with Crippen LogP contribution in [0.15, 0.2) is 35.1 Å². The van der Waals surface area contributed by atoms with Gasteiger partial charge in [0.1, 0.15) is 12.4 Å². The van der Waals surface area contributed by atoms with E-state index in [1.807, 2.05) is 0 Å². The van der Waals surface area contributed by atoms with E-state index in [1.165, 1.54) is 24.5 Å². The number of rotatable bonds is 4. The summed E-state index contributed by atoms with van der Waals surface area (Å²) < 4.78 is 14.8. The van der Waals surface area contributed by atoms with Crippen molar-refractivity contribution in [1.29, 1.82) is 0 Å². The molecule has 0 aliphatic heterocycles. The van der Waals surface area contributed by atoms with Gasteiger partial charge in [-0.15, -0.1) is 0 Å². The summed E-state index contributed by atoms with van der Waals surface area (Å²) in [6.07, 6.45) is 2.68. The fourth-order valence-corrected chi connectivity index (χ4v) is 1.77. The van der Waals surface area contributed by atoms with Gasteiger partial charge in [-0.1, -0.05) is 0 Å². The van der Waals surface area contributed by atoms with Crippen LogP contribution in [0.25, 0.3) is 0 Å². The predicted molar refractivity (Wildman–Crippen MR) is 76.6 cm³/mol. The second-order valence-electron chi connectivity index (χ2n) is 4.03.